The van der Waals surface area contributed by atoms with Gasteiger partial charge < -0.3 is 14.2 Å². The molecule has 2 fully saturated rings. The number of aliphatic imine (C=N–C) groups is 1. The topological polar surface area (TPSA) is 53.5 Å². The lowest BCUT2D eigenvalue weighted by atomic mass is 9.94. The maximum Gasteiger partial charge on any atom is 0.153 e. The van der Waals surface area contributed by atoms with E-state index in [1.807, 2.05) is 30.6 Å². The van der Waals surface area contributed by atoms with Crippen LogP contribution in [0.5, 0.6) is 0 Å². The monoisotopic (exact) mass is 438 g/mol. The average molecular weight is 439 g/mol. The summed E-state index contributed by atoms with van der Waals surface area (Å²) < 4.78 is 7.87. The molecule has 0 bridgehead atoms. The Labute approximate surface area is 195 Å². The summed E-state index contributed by atoms with van der Waals surface area (Å²) in [5.41, 5.74) is 4.95. The third-order valence-corrected chi connectivity index (χ3v) is 6.73. The van der Waals surface area contributed by atoms with E-state index < -0.39 is 0 Å². The van der Waals surface area contributed by atoms with Crippen molar-refractivity contribution in [3.05, 3.63) is 66.2 Å². The number of nitrogens with zero attached hydrogens (tertiary/aromatic N) is 4. The van der Waals surface area contributed by atoms with Crippen LogP contribution in [0.2, 0.25) is 0 Å². The van der Waals surface area contributed by atoms with Gasteiger partial charge in [-0.1, -0.05) is 79.9 Å². The molecule has 2 heterocycles. The van der Waals surface area contributed by atoms with Crippen molar-refractivity contribution in [2.75, 3.05) is 26.3 Å². The van der Waals surface area contributed by atoms with Crippen LogP contribution in [0, 0.1) is 11.3 Å². The smallest absolute Gasteiger partial charge is 0.153 e. The molecular weight excluding hydrogens is 408 g/mol. The number of rotatable bonds is 5. The Balaban J connectivity index is 1.75. The third-order valence-electron chi connectivity index (χ3n) is 6.73. The van der Waals surface area contributed by atoms with Crippen molar-refractivity contribution in [2.24, 2.45) is 4.99 Å². The van der Waals surface area contributed by atoms with Crippen LogP contribution in [0.15, 0.2) is 65.7 Å². The molecule has 0 unspecified atom stereocenters. The van der Waals surface area contributed by atoms with E-state index in [4.69, 9.17) is 9.73 Å². The number of nitriles is 1. The molecule has 0 N–H and O–H groups in total. The Hall–Kier alpha value is -3.36. The highest BCUT2D eigenvalue weighted by molar-refractivity contribution is 5.91. The molecule has 33 heavy (non-hydrogen) atoms. The fourth-order valence-corrected chi connectivity index (χ4v) is 5.10. The molecule has 0 atom stereocenters. The first-order valence-electron chi connectivity index (χ1n) is 12.0. The molecule has 1 aromatic heterocycles. The van der Waals surface area contributed by atoms with Crippen LogP contribution < -0.4 is 0 Å². The number of ether oxygens (including phenoxy) is 1. The summed E-state index contributed by atoms with van der Waals surface area (Å²) in [6.07, 6.45) is 7.86. The molecule has 1 saturated heterocycles. The lowest BCUT2D eigenvalue weighted by molar-refractivity contribution is 0.0701. The van der Waals surface area contributed by atoms with Gasteiger partial charge in [0.25, 0.3) is 0 Å². The SMILES string of the molecule is N#Cc1c(-c2ccccc2)c(-c2ccccc2)n(C2CCCCC2)c1/N=C/N1CCOCC1. The summed E-state index contributed by atoms with van der Waals surface area (Å²) in [7, 11) is 0. The number of aromatic nitrogens is 1. The Morgan fingerprint density at radius 3 is 2.15 bits per heavy atom. The van der Waals surface area contributed by atoms with E-state index in [1.54, 1.807) is 0 Å². The second kappa shape index (κ2) is 10.1. The van der Waals surface area contributed by atoms with Crippen molar-refractivity contribution in [1.82, 2.24) is 9.47 Å². The molecule has 3 aromatic rings. The van der Waals surface area contributed by atoms with Gasteiger partial charge in [-0.05, 0) is 24.0 Å². The Morgan fingerprint density at radius 2 is 1.52 bits per heavy atom. The first kappa shape index (κ1) is 21.5. The minimum atomic E-state index is 0.343. The molecule has 0 radical (unpaired) electrons. The van der Waals surface area contributed by atoms with Gasteiger partial charge in [0.1, 0.15) is 11.6 Å². The lowest BCUT2D eigenvalue weighted by Gasteiger charge is -2.28. The van der Waals surface area contributed by atoms with Crippen LogP contribution in [-0.2, 0) is 4.74 Å². The third kappa shape index (κ3) is 4.44. The molecular formula is C28H30N4O. The number of hydrogen-bond acceptors (Lipinski definition) is 3. The first-order chi connectivity index (χ1) is 16.4. The summed E-state index contributed by atoms with van der Waals surface area (Å²) >= 11 is 0. The van der Waals surface area contributed by atoms with E-state index in [2.05, 4.69) is 51.9 Å². The maximum atomic E-state index is 10.4. The Bertz CT molecular complexity index is 1130. The average Bonchev–Trinajstić information content (AvgIpc) is 3.24. The summed E-state index contributed by atoms with van der Waals surface area (Å²) in [4.78, 5) is 7.18. The van der Waals surface area contributed by atoms with E-state index in [1.165, 1.54) is 19.3 Å². The Kier molecular flexibility index (Phi) is 6.55. The van der Waals surface area contributed by atoms with Gasteiger partial charge in [0.2, 0.25) is 0 Å². The zero-order valence-electron chi connectivity index (χ0n) is 19.0. The van der Waals surface area contributed by atoms with Gasteiger partial charge in [0.15, 0.2) is 5.82 Å². The van der Waals surface area contributed by atoms with Crippen molar-refractivity contribution < 1.29 is 4.74 Å². The van der Waals surface area contributed by atoms with Crippen molar-refractivity contribution in [2.45, 2.75) is 38.1 Å². The highest BCUT2D eigenvalue weighted by Gasteiger charge is 2.29. The van der Waals surface area contributed by atoms with Crippen LogP contribution in [0.3, 0.4) is 0 Å². The molecule has 1 aliphatic carbocycles. The van der Waals surface area contributed by atoms with Gasteiger partial charge in [0.05, 0.1) is 25.2 Å². The molecule has 2 aliphatic rings. The van der Waals surface area contributed by atoms with Crippen LogP contribution in [0.25, 0.3) is 22.4 Å². The van der Waals surface area contributed by atoms with Crippen LogP contribution in [0.4, 0.5) is 5.82 Å². The normalized spacial score (nSPS) is 17.4. The standard InChI is InChI=1S/C28H30N4O/c29-20-25-26(22-10-4-1-5-11-22)27(23-12-6-2-7-13-23)32(24-14-8-3-9-15-24)28(25)30-21-31-16-18-33-19-17-31/h1-2,4-7,10-13,21,24H,3,8-9,14-19H2/b30-21+. The maximum absolute atomic E-state index is 10.4. The summed E-state index contributed by atoms with van der Waals surface area (Å²) in [5.74, 6) is 0.786. The minimum absolute atomic E-state index is 0.343. The molecule has 0 spiro atoms. The van der Waals surface area contributed by atoms with Gasteiger partial charge in [-0.2, -0.15) is 5.26 Å². The van der Waals surface area contributed by atoms with E-state index >= 15 is 0 Å². The summed E-state index contributed by atoms with van der Waals surface area (Å²) in [6.45, 7) is 3.08. The van der Waals surface area contributed by atoms with Crippen LogP contribution >= 0.6 is 0 Å². The predicted octanol–water partition coefficient (Wildman–Crippen LogP) is 6.19. The minimum Gasteiger partial charge on any atom is -0.378 e. The van der Waals surface area contributed by atoms with E-state index in [0.717, 1.165) is 54.1 Å². The van der Waals surface area contributed by atoms with Gasteiger partial charge in [-0.25, -0.2) is 4.99 Å². The van der Waals surface area contributed by atoms with Gasteiger partial charge in [0, 0.05) is 24.7 Å². The zero-order valence-corrected chi connectivity index (χ0v) is 19.0. The number of hydrogen-bond donors (Lipinski definition) is 0. The first-order valence-corrected chi connectivity index (χ1v) is 12.0. The quantitative estimate of drug-likeness (QED) is 0.352. The highest BCUT2D eigenvalue weighted by Crippen LogP contribution is 2.46. The number of morpholine rings is 1. The van der Waals surface area contributed by atoms with Crippen molar-refractivity contribution in [3.63, 3.8) is 0 Å². The fraction of sp³-hybridized carbons (Fsp3) is 0.357. The lowest BCUT2D eigenvalue weighted by Crippen LogP contribution is -2.35. The molecule has 5 rings (SSSR count). The number of benzene rings is 2. The van der Waals surface area contributed by atoms with E-state index in [0.29, 0.717) is 24.8 Å². The molecule has 5 heteroatoms. The Morgan fingerprint density at radius 1 is 0.879 bits per heavy atom. The highest BCUT2D eigenvalue weighted by atomic mass is 16.5. The van der Waals surface area contributed by atoms with Crippen molar-refractivity contribution >= 4 is 12.2 Å². The molecule has 5 nitrogen and oxygen atoms in total. The molecule has 1 aliphatic heterocycles. The van der Waals surface area contributed by atoms with Crippen LogP contribution in [0.1, 0.15) is 43.7 Å². The fourth-order valence-electron chi connectivity index (χ4n) is 5.10. The van der Waals surface area contributed by atoms with Crippen molar-refractivity contribution in [1.29, 1.82) is 5.26 Å². The second-order valence-electron chi connectivity index (χ2n) is 8.82. The van der Waals surface area contributed by atoms with E-state index in [-0.39, 0.29) is 0 Å². The zero-order chi connectivity index (χ0) is 22.5. The van der Waals surface area contributed by atoms with Gasteiger partial charge in [-0.15, -0.1) is 0 Å². The summed E-state index contributed by atoms with van der Waals surface area (Å²) in [6, 6.07) is 23.7. The van der Waals surface area contributed by atoms with Crippen molar-refractivity contribution in [3.8, 4) is 28.5 Å². The second-order valence-corrected chi connectivity index (χ2v) is 8.82. The van der Waals surface area contributed by atoms with Crippen LogP contribution in [-0.4, -0.2) is 42.1 Å². The summed E-state index contributed by atoms with van der Waals surface area (Å²) in [5, 5.41) is 10.4. The largest absolute Gasteiger partial charge is 0.378 e. The molecule has 1 saturated carbocycles. The molecule has 0 amide bonds. The van der Waals surface area contributed by atoms with E-state index in [9.17, 15) is 5.26 Å². The predicted molar refractivity (Wildman–Crippen MR) is 133 cm³/mol. The van der Waals surface area contributed by atoms with Gasteiger partial charge in [-0.3, -0.25) is 0 Å². The van der Waals surface area contributed by atoms with Gasteiger partial charge >= 0.3 is 0 Å². The molecule has 2 aromatic carbocycles. The molecule has 168 valence electrons.